The van der Waals surface area contributed by atoms with Crippen LogP contribution < -0.4 is 0 Å². The molecule has 0 atom stereocenters. The Kier molecular flexibility index (Phi) is 2.73. The molecule has 1 fully saturated rings. The van der Waals surface area contributed by atoms with Crippen LogP contribution in [0.2, 0.25) is 0 Å². The van der Waals surface area contributed by atoms with E-state index in [0.717, 1.165) is 24.4 Å². The molecule has 106 valence electrons. The van der Waals surface area contributed by atoms with E-state index in [1.54, 1.807) is 18.6 Å². The summed E-state index contributed by atoms with van der Waals surface area (Å²) in [5, 5.41) is 14.1. The molecule has 1 saturated carbocycles. The van der Waals surface area contributed by atoms with Crippen LogP contribution in [0.3, 0.4) is 0 Å². The molecule has 0 saturated heterocycles. The molecular formula is C15H14N4O2. The lowest BCUT2D eigenvalue weighted by Gasteiger charge is -2.20. The number of rotatable bonds is 3. The van der Waals surface area contributed by atoms with E-state index in [2.05, 4.69) is 15.1 Å². The van der Waals surface area contributed by atoms with Gasteiger partial charge in [-0.25, -0.2) is 4.98 Å². The molecule has 1 N–H and O–H groups in total. The molecule has 2 heterocycles. The standard InChI is InChI=1S/C15H14N4O2/c20-13-5-4-11(19-7-6-16-9-19)8-12(13)15-17-14(18-21-15)10-2-1-3-10/h4-10,20H,1-3H2. The molecular weight excluding hydrogens is 268 g/mol. The molecule has 4 rings (SSSR count). The van der Waals surface area contributed by atoms with E-state index in [-0.39, 0.29) is 5.75 Å². The maximum atomic E-state index is 10.1. The van der Waals surface area contributed by atoms with Gasteiger partial charge in [0.15, 0.2) is 5.82 Å². The Labute approximate surface area is 121 Å². The molecule has 6 heteroatoms. The van der Waals surface area contributed by atoms with Crippen LogP contribution in [0.1, 0.15) is 31.0 Å². The first kappa shape index (κ1) is 12.1. The van der Waals surface area contributed by atoms with E-state index in [4.69, 9.17) is 4.52 Å². The molecule has 1 aromatic carbocycles. The van der Waals surface area contributed by atoms with Crippen molar-refractivity contribution in [1.82, 2.24) is 19.7 Å². The van der Waals surface area contributed by atoms with Crippen molar-refractivity contribution in [2.75, 3.05) is 0 Å². The number of imidazole rings is 1. The van der Waals surface area contributed by atoms with Gasteiger partial charge in [0.1, 0.15) is 5.75 Å². The fourth-order valence-electron chi connectivity index (χ4n) is 2.44. The first-order chi connectivity index (χ1) is 10.3. The first-order valence-electron chi connectivity index (χ1n) is 6.96. The molecule has 0 unspecified atom stereocenters. The van der Waals surface area contributed by atoms with E-state index in [1.165, 1.54) is 6.42 Å². The predicted octanol–water partition coefficient (Wildman–Crippen LogP) is 2.90. The maximum Gasteiger partial charge on any atom is 0.261 e. The third-order valence-electron chi connectivity index (χ3n) is 3.93. The van der Waals surface area contributed by atoms with E-state index in [0.29, 0.717) is 17.4 Å². The van der Waals surface area contributed by atoms with Gasteiger partial charge >= 0.3 is 0 Å². The smallest absolute Gasteiger partial charge is 0.261 e. The van der Waals surface area contributed by atoms with Gasteiger partial charge in [-0.1, -0.05) is 11.6 Å². The molecule has 0 spiro atoms. The summed E-state index contributed by atoms with van der Waals surface area (Å²) in [6.07, 6.45) is 8.68. The summed E-state index contributed by atoms with van der Waals surface area (Å²) in [5.41, 5.74) is 1.42. The van der Waals surface area contributed by atoms with Gasteiger partial charge in [-0.2, -0.15) is 4.98 Å². The summed E-state index contributed by atoms with van der Waals surface area (Å²) >= 11 is 0. The van der Waals surface area contributed by atoms with Crippen LogP contribution in [-0.4, -0.2) is 24.8 Å². The normalized spacial score (nSPS) is 15.0. The maximum absolute atomic E-state index is 10.1. The zero-order chi connectivity index (χ0) is 14.2. The van der Waals surface area contributed by atoms with Gasteiger partial charge in [-0.05, 0) is 31.0 Å². The fraction of sp³-hybridized carbons (Fsp3) is 0.267. The Hall–Kier alpha value is -2.63. The molecule has 2 aromatic heterocycles. The van der Waals surface area contributed by atoms with Gasteiger partial charge in [0.05, 0.1) is 11.9 Å². The van der Waals surface area contributed by atoms with E-state index in [1.807, 2.05) is 22.9 Å². The highest BCUT2D eigenvalue weighted by molar-refractivity contribution is 5.65. The molecule has 0 aliphatic heterocycles. The van der Waals surface area contributed by atoms with E-state index >= 15 is 0 Å². The Balaban J connectivity index is 1.73. The third-order valence-corrected chi connectivity index (χ3v) is 3.93. The van der Waals surface area contributed by atoms with Crippen LogP contribution in [0, 0.1) is 0 Å². The number of benzene rings is 1. The van der Waals surface area contributed by atoms with Crippen LogP contribution in [0.25, 0.3) is 17.1 Å². The fourth-order valence-corrected chi connectivity index (χ4v) is 2.44. The number of aromatic nitrogens is 4. The molecule has 0 bridgehead atoms. The van der Waals surface area contributed by atoms with Crippen molar-refractivity contribution in [2.24, 2.45) is 0 Å². The quantitative estimate of drug-likeness (QED) is 0.799. The second kappa shape index (κ2) is 4.73. The number of nitrogens with zero attached hydrogens (tertiary/aromatic N) is 4. The number of phenolic OH excluding ortho intramolecular Hbond substituents is 1. The minimum absolute atomic E-state index is 0.127. The Bertz CT molecular complexity index is 760. The number of hydrogen-bond acceptors (Lipinski definition) is 5. The molecule has 6 nitrogen and oxygen atoms in total. The zero-order valence-electron chi connectivity index (χ0n) is 11.3. The molecule has 1 aliphatic carbocycles. The van der Waals surface area contributed by atoms with E-state index < -0.39 is 0 Å². The lowest BCUT2D eigenvalue weighted by atomic mass is 9.85. The van der Waals surface area contributed by atoms with Crippen LogP contribution in [0.4, 0.5) is 0 Å². The van der Waals surface area contributed by atoms with Gasteiger partial charge < -0.3 is 14.2 Å². The molecule has 0 radical (unpaired) electrons. The van der Waals surface area contributed by atoms with Crippen LogP contribution >= 0.6 is 0 Å². The molecule has 0 amide bonds. The Morgan fingerprint density at radius 2 is 2.19 bits per heavy atom. The topological polar surface area (TPSA) is 77.0 Å². The highest BCUT2D eigenvalue weighted by atomic mass is 16.5. The van der Waals surface area contributed by atoms with Crippen molar-refractivity contribution in [3.05, 3.63) is 42.7 Å². The SMILES string of the molecule is Oc1ccc(-n2ccnc2)cc1-c1nc(C2CCC2)no1. The van der Waals surface area contributed by atoms with Crippen molar-refractivity contribution in [1.29, 1.82) is 0 Å². The summed E-state index contributed by atoms with van der Waals surface area (Å²) in [5.74, 6) is 1.63. The van der Waals surface area contributed by atoms with Gasteiger partial charge in [-0.15, -0.1) is 0 Å². The average Bonchev–Trinajstić information content (AvgIpc) is 3.08. The largest absolute Gasteiger partial charge is 0.507 e. The minimum atomic E-state index is 0.127. The van der Waals surface area contributed by atoms with Gasteiger partial charge in [0, 0.05) is 24.0 Å². The Morgan fingerprint density at radius 1 is 1.29 bits per heavy atom. The number of phenols is 1. The number of hydrogen-bond donors (Lipinski definition) is 1. The summed E-state index contributed by atoms with van der Waals surface area (Å²) in [6.45, 7) is 0. The van der Waals surface area contributed by atoms with E-state index in [9.17, 15) is 5.11 Å². The predicted molar refractivity (Wildman–Crippen MR) is 75.1 cm³/mol. The Morgan fingerprint density at radius 3 is 2.90 bits per heavy atom. The number of aromatic hydroxyl groups is 1. The average molecular weight is 282 g/mol. The minimum Gasteiger partial charge on any atom is -0.507 e. The molecule has 3 aromatic rings. The van der Waals surface area contributed by atoms with Gasteiger partial charge in [0.2, 0.25) is 0 Å². The van der Waals surface area contributed by atoms with Crippen LogP contribution in [0.5, 0.6) is 5.75 Å². The van der Waals surface area contributed by atoms with Crippen molar-refractivity contribution in [2.45, 2.75) is 25.2 Å². The highest BCUT2D eigenvalue weighted by Gasteiger charge is 2.25. The third kappa shape index (κ3) is 2.08. The molecule has 1 aliphatic rings. The van der Waals surface area contributed by atoms with Gasteiger partial charge in [0.25, 0.3) is 5.89 Å². The monoisotopic (exact) mass is 282 g/mol. The first-order valence-corrected chi connectivity index (χ1v) is 6.96. The van der Waals surface area contributed by atoms with Crippen LogP contribution in [0.15, 0.2) is 41.4 Å². The van der Waals surface area contributed by atoms with Crippen molar-refractivity contribution >= 4 is 0 Å². The summed E-state index contributed by atoms with van der Waals surface area (Å²) in [6, 6.07) is 5.25. The van der Waals surface area contributed by atoms with Crippen molar-refractivity contribution in [3.8, 4) is 22.9 Å². The lowest BCUT2D eigenvalue weighted by Crippen LogP contribution is -2.10. The second-order valence-electron chi connectivity index (χ2n) is 5.26. The van der Waals surface area contributed by atoms with Crippen molar-refractivity contribution in [3.63, 3.8) is 0 Å². The van der Waals surface area contributed by atoms with Crippen LogP contribution in [-0.2, 0) is 0 Å². The van der Waals surface area contributed by atoms with Crippen molar-refractivity contribution < 1.29 is 9.63 Å². The zero-order valence-corrected chi connectivity index (χ0v) is 11.3. The highest BCUT2D eigenvalue weighted by Crippen LogP contribution is 2.36. The summed E-state index contributed by atoms with van der Waals surface area (Å²) in [4.78, 5) is 8.44. The molecule has 21 heavy (non-hydrogen) atoms. The van der Waals surface area contributed by atoms with Gasteiger partial charge in [-0.3, -0.25) is 0 Å². The second-order valence-corrected chi connectivity index (χ2v) is 5.26. The summed E-state index contributed by atoms with van der Waals surface area (Å²) in [7, 11) is 0. The summed E-state index contributed by atoms with van der Waals surface area (Å²) < 4.78 is 7.17. The lowest BCUT2D eigenvalue weighted by molar-refractivity contribution is 0.365.